The van der Waals surface area contributed by atoms with Crippen LogP contribution in [0.4, 0.5) is 15.3 Å². The Hall–Kier alpha value is -8.75. The highest BCUT2D eigenvalue weighted by Gasteiger charge is 2.34. The largest absolute Gasteiger partial charge is 0.445 e. The van der Waals surface area contributed by atoms with Crippen molar-refractivity contribution in [2.24, 2.45) is 11.7 Å². The average Bonchev–Trinajstić information content (AvgIpc) is 4.22. The molecule has 0 fully saturated rings. The lowest BCUT2D eigenvalue weighted by molar-refractivity contribution is -0.137. The molecule has 21 heteroatoms. The van der Waals surface area contributed by atoms with E-state index in [4.69, 9.17) is 20.4 Å². The number of imidazole rings is 1. The van der Waals surface area contributed by atoms with Crippen LogP contribution >= 0.6 is 0 Å². The monoisotopic (exact) mass is 1020 g/mol. The molecule has 390 valence electrons. The minimum atomic E-state index is -1.06. The van der Waals surface area contributed by atoms with Gasteiger partial charge in [-0.1, -0.05) is 62.7 Å². The summed E-state index contributed by atoms with van der Waals surface area (Å²) in [6.45, 7) is 5.90. The highest BCUT2D eigenvalue weighted by Crippen LogP contribution is 2.38. The second-order valence-corrected chi connectivity index (χ2v) is 18.9. The topological polar surface area (TPSA) is 281 Å². The third-order valence-corrected chi connectivity index (χ3v) is 13.1. The van der Waals surface area contributed by atoms with E-state index in [1.165, 1.54) is 18.5 Å². The Balaban J connectivity index is 0.914. The number of anilines is 1. The molecular formula is C54H61N13O8. The van der Waals surface area contributed by atoms with Crippen LogP contribution in [0.3, 0.4) is 0 Å². The maximum absolute atomic E-state index is 14.4. The van der Waals surface area contributed by atoms with Crippen molar-refractivity contribution in [3.05, 3.63) is 132 Å². The number of aromatic nitrogens is 6. The maximum atomic E-state index is 14.4. The number of nitrogens with zero attached hydrogens (tertiary/aromatic N) is 7. The molecular weight excluding hydrogens is 959 g/mol. The summed E-state index contributed by atoms with van der Waals surface area (Å²) in [6.07, 6.45) is 8.83. The van der Waals surface area contributed by atoms with Crippen molar-refractivity contribution in [1.29, 1.82) is 0 Å². The zero-order valence-corrected chi connectivity index (χ0v) is 42.1. The number of H-pyrrole nitrogens is 1. The fraction of sp³-hybridized carbons (Fsp3) is 0.352. The molecule has 75 heavy (non-hydrogen) atoms. The smallest absolute Gasteiger partial charge is 0.411 e. The second-order valence-electron chi connectivity index (χ2n) is 18.9. The normalized spacial score (nSPS) is 14.7. The van der Waals surface area contributed by atoms with Crippen LogP contribution in [0.2, 0.25) is 0 Å². The van der Waals surface area contributed by atoms with E-state index in [-0.39, 0.29) is 68.8 Å². The third kappa shape index (κ3) is 13.5. The van der Waals surface area contributed by atoms with E-state index in [2.05, 4.69) is 42.4 Å². The number of aromatic amines is 1. The van der Waals surface area contributed by atoms with E-state index in [9.17, 15) is 33.6 Å². The summed E-state index contributed by atoms with van der Waals surface area (Å²) in [7, 11) is 0. The van der Waals surface area contributed by atoms with Crippen LogP contribution in [0.5, 0.6) is 0 Å². The van der Waals surface area contributed by atoms with Crippen molar-refractivity contribution >= 4 is 53.0 Å². The molecule has 0 saturated heterocycles. The van der Waals surface area contributed by atoms with Crippen LogP contribution in [0.25, 0.3) is 28.3 Å². The number of hydrogen-bond acceptors (Lipinski definition) is 12. The van der Waals surface area contributed by atoms with Gasteiger partial charge in [-0.25, -0.2) is 24.1 Å². The first kappa shape index (κ1) is 52.6. The van der Waals surface area contributed by atoms with Gasteiger partial charge in [-0.3, -0.25) is 38.8 Å². The zero-order valence-electron chi connectivity index (χ0n) is 42.1. The Kier molecular flexibility index (Phi) is 17.0. The summed E-state index contributed by atoms with van der Waals surface area (Å²) in [5.41, 5.74) is 12.8. The molecule has 1 aliphatic heterocycles. The lowest BCUT2D eigenvalue weighted by atomic mass is 10.0. The van der Waals surface area contributed by atoms with Gasteiger partial charge < -0.3 is 36.7 Å². The number of benzene rings is 2. The highest BCUT2D eigenvalue weighted by molar-refractivity contribution is 6.12. The molecule has 2 aromatic carbocycles. The quantitative estimate of drug-likeness (QED) is 0.0328. The number of carbonyl (C=O) groups is 7. The van der Waals surface area contributed by atoms with Crippen molar-refractivity contribution in [2.75, 3.05) is 18.4 Å². The Morgan fingerprint density at radius 1 is 0.893 bits per heavy atom. The maximum Gasteiger partial charge on any atom is 0.411 e. The van der Waals surface area contributed by atoms with Crippen molar-refractivity contribution in [3.63, 3.8) is 0 Å². The van der Waals surface area contributed by atoms with E-state index < -0.39 is 36.0 Å². The predicted molar refractivity (Wildman–Crippen MR) is 277 cm³/mol. The Morgan fingerprint density at radius 3 is 2.44 bits per heavy atom. The number of pyridine rings is 2. The van der Waals surface area contributed by atoms with Crippen molar-refractivity contribution in [1.82, 2.24) is 55.3 Å². The van der Waals surface area contributed by atoms with Gasteiger partial charge in [0.1, 0.15) is 30.8 Å². The summed E-state index contributed by atoms with van der Waals surface area (Å²) in [5, 5.41) is 15.2. The number of fused-ring (bicyclic) bond motifs is 2. The Morgan fingerprint density at radius 2 is 1.68 bits per heavy atom. The molecule has 7 N–H and O–H groups in total. The first-order valence-electron chi connectivity index (χ1n) is 25.1. The van der Waals surface area contributed by atoms with Crippen LogP contribution in [0.1, 0.15) is 93.0 Å². The molecule has 3 atom stereocenters. The lowest BCUT2D eigenvalue weighted by Crippen LogP contribution is -2.54. The summed E-state index contributed by atoms with van der Waals surface area (Å²) in [6, 6.07) is 21.4. The second kappa shape index (κ2) is 24.3. The summed E-state index contributed by atoms with van der Waals surface area (Å²) in [5.74, 6) is -1.97. The van der Waals surface area contributed by atoms with Crippen LogP contribution in [-0.4, -0.2) is 106 Å². The molecule has 4 aromatic heterocycles. The molecule has 1 aliphatic carbocycles. The molecule has 2 aliphatic rings. The lowest BCUT2D eigenvalue weighted by Gasteiger charge is -2.28. The number of hydrogen-bond donors (Lipinski definition) is 6. The molecule has 0 bridgehead atoms. The molecule has 0 radical (unpaired) electrons. The SMILES string of the molecule is Cc1cccc(-c2[nH]c(CN(C(=O)OCc3ccc(NC(=O)C(CCCNC(N)=O)NC(=O)C(NC(=O)CCCCCN4C(=O)C=CC4=O)C(C)C)cc3)[C@@H]3CCc4ccccc43)nc2-c2ccn3ncnc3c2)n1. The Bertz CT molecular complexity index is 3080. The standard InChI is InChI=1S/C54H61N13O8/c1-33(2)48(64-45(68)16-5-4-8-27-65-46(69)23-24-47(65)70)52(72)61-41(15-10-26-56-53(55)73)51(71)60-38-20-17-35(18-21-38)31-75-54(74)66(42-22-19-36-12-6-7-13-39(36)42)30-43-62-49(37-25-28-67-44(29-37)57-32-58-67)50(63-43)40-14-9-11-34(3)59-40/h6-7,9,11-14,17-18,20-21,23-25,28-29,32-33,41-42,48H,4-5,8,10,15-16,19,22,26-27,30-31H2,1-3H3,(H,60,71)(H,61,72)(H,62,63)(H,64,68)(H3,55,56,73)/t41?,42-,48?/m1/s1. The van der Waals surface area contributed by atoms with E-state index in [0.717, 1.165) is 33.7 Å². The number of amides is 8. The van der Waals surface area contributed by atoms with Gasteiger partial charge in [0.25, 0.3) is 11.8 Å². The molecule has 0 spiro atoms. The van der Waals surface area contributed by atoms with Gasteiger partial charge in [0.05, 0.1) is 29.7 Å². The third-order valence-electron chi connectivity index (χ3n) is 13.1. The molecule has 8 amide bonds. The van der Waals surface area contributed by atoms with Gasteiger partial charge in [0, 0.05) is 54.8 Å². The van der Waals surface area contributed by atoms with Crippen LogP contribution in [-0.2, 0) is 48.3 Å². The molecule has 5 heterocycles. The molecule has 21 nitrogen and oxygen atoms in total. The summed E-state index contributed by atoms with van der Waals surface area (Å²) >= 11 is 0. The number of imide groups is 1. The first-order valence-corrected chi connectivity index (χ1v) is 25.1. The zero-order chi connectivity index (χ0) is 53.0. The number of aryl methyl sites for hydroxylation is 2. The fourth-order valence-corrected chi connectivity index (χ4v) is 9.21. The van der Waals surface area contributed by atoms with Crippen LogP contribution in [0.15, 0.2) is 104 Å². The van der Waals surface area contributed by atoms with Gasteiger partial charge in [-0.2, -0.15) is 5.10 Å². The van der Waals surface area contributed by atoms with Gasteiger partial charge in [-0.15, -0.1) is 0 Å². The number of nitrogens with two attached hydrogens (primary N) is 1. The van der Waals surface area contributed by atoms with Gasteiger partial charge in [0.15, 0.2) is 5.65 Å². The number of rotatable bonds is 23. The van der Waals surface area contributed by atoms with Crippen molar-refractivity contribution in [3.8, 4) is 22.6 Å². The van der Waals surface area contributed by atoms with E-state index in [1.54, 1.807) is 47.5 Å². The van der Waals surface area contributed by atoms with E-state index in [0.29, 0.717) is 71.9 Å². The number of primary amides is 1. The molecule has 2 unspecified atom stereocenters. The summed E-state index contributed by atoms with van der Waals surface area (Å²) < 4.78 is 7.71. The predicted octanol–water partition coefficient (Wildman–Crippen LogP) is 5.81. The van der Waals surface area contributed by atoms with Crippen molar-refractivity contribution < 1.29 is 38.3 Å². The Labute approximate surface area is 433 Å². The number of urea groups is 1. The van der Waals surface area contributed by atoms with Gasteiger partial charge >= 0.3 is 12.1 Å². The minimum absolute atomic E-state index is 0.0790. The number of ether oxygens (including phenoxy) is 1. The fourth-order valence-electron chi connectivity index (χ4n) is 9.21. The van der Waals surface area contributed by atoms with Crippen LogP contribution in [0, 0.1) is 12.8 Å². The molecule has 6 aromatic rings. The number of nitrogens with one attached hydrogen (secondary N) is 5. The average molecular weight is 1020 g/mol. The van der Waals surface area contributed by atoms with Gasteiger partial charge in [0.2, 0.25) is 17.7 Å². The number of unbranched alkanes of at least 4 members (excludes halogenated alkanes) is 2. The molecule has 0 saturated carbocycles. The summed E-state index contributed by atoms with van der Waals surface area (Å²) in [4.78, 5) is 111. The van der Waals surface area contributed by atoms with E-state index >= 15 is 0 Å². The minimum Gasteiger partial charge on any atom is -0.445 e. The number of carbonyl (C=O) groups excluding carboxylic acids is 7. The van der Waals surface area contributed by atoms with Crippen molar-refractivity contribution in [2.45, 2.75) is 103 Å². The molecule has 8 rings (SSSR count). The van der Waals surface area contributed by atoms with E-state index in [1.807, 2.05) is 61.7 Å². The van der Waals surface area contributed by atoms with Gasteiger partial charge in [-0.05, 0) is 104 Å². The first-order chi connectivity index (χ1) is 36.2. The highest BCUT2D eigenvalue weighted by atomic mass is 16.6. The van der Waals surface area contributed by atoms with Crippen LogP contribution < -0.4 is 27.0 Å².